The molecule has 0 aliphatic rings. The van der Waals surface area contributed by atoms with Crippen LogP contribution in [-0.2, 0) is 4.79 Å². The molecule has 1 N–H and O–H groups in total. The third kappa shape index (κ3) is 4.98. The highest BCUT2D eigenvalue weighted by Crippen LogP contribution is 2.29. The van der Waals surface area contributed by atoms with E-state index in [0.29, 0.717) is 11.0 Å². The second-order valence-corrected chi connectivity index (χ2v) is 8.31. The van der Waals surface area contributed by atoms with Crippen molar-refractivity contribution in [3.8, 4) is 17.1 Å². The second-order valence-electron chi connectivity index (χ2n) is 6.52. The Labute approximate surface area is 188 Å². The first-order valence-electron chi connectivity index (χ1n) is 9.48. The highest BCUT2D eigenvalue weighted by molar-refractivity contribution is 7.99. The van der Waals surface area contributed by atoms with Crippen LogP contribution in [0.4, 0.5) is 10.1 Å². The zero-order valence-corrected chi connectivity index (χ0v) is 18.3. The van der Waals surface area contributed by atoms with Gasteiger partial charge in [-0.3, -0.25) is 9.36 Å². The van der Waals surface area contributed by atoms with Crippen LogP contribution in [0.2, 0.25) is 0 Å². The first kappa shape index (κ1) is 21.1. The normalized spacial score (nSPS) is 10.8. The summed E-state index contributed by atoms with van der Waals surface area (Å²) < 4.78 is 15.3. The van der Waals surface area contributed by atoms with E-state index in [4.69, 9.17) is 0 Å². The number of anilines is 1. The molecule has 0 atom stereocenters. The lowest BCUT2D eigenvalue weighted by Gasteiger charge is -2.11. The number of carbonyl (C=O) groups excluding carboxylic acids is 1. The molecule has 0 unspecified atom stereocenters. The molecule has 8 heteroatoms. The number of aromatic nitrogens is 3. The maximum absolute atomic E-state index is 13.4. The lowest BCUT2D eigenvalue weighted by molar-refractivity contribution is -0.113. The second kappa shape index (κ2) is 9.80. The minimum atomic E-state index is -0.314. The number of hydrogen-bond acceptors (Lipinski definition) is 5. The van der Waals surface area contributed by atoms with Gasteiger partial charge >= 0.3 is 0 Å². The summed E-state index contributed by atoms with van der Waals surface area (Å²) in [4.78, 5) is 13.6. The first-order valence-corrected chi connectivity index (χ1v) is 11.7. The number of benzene rings is 3. The highest BCUT2D eigenvalue weighted by atomic mass is 32.2. The van der Waals surface area contributed by atoms with Gasteiger partial charge in [0.1, 0.15) is 5.82 Å². The number of thioether (sulfide) groups is 2. The van der Waals surface area contributed by atoms with Crippen molar-refractivity contribution in [3.05, 3.63) is 84.7 Å². The molecule has 0 aliphatic heterocycles. The Kier molecular flexibility index (Phi) is 6.69. The Hall–Kier alpha value is -3.10. The quantitative estimate of drug-likeness (QED) is 0.375. The van der Waals surface area contributed by atoms with Crippen molar-refractivity contribution in [3.63, 3.8) is 0 Å². The van der Waals surface area contributed by atoms with Crippen LogP contribution in [0.25, 0.3) is 17.1 Å². The molecule has 0 fully saturated rings. The molecule has 1 amide bonds. The Balaban J connectivity index is 1.58. The number of nitrogens with one attached hydrogen (secondary N) is 1. The number of rotatable bonds is 7. The van der Waals surface area contributed by atoms with Gasteiger partial charge in [-0.05, 0) is 54.8 Å². The SMILES string of the molecule is CSc1ccccc1NC(=O)CSc1nnc(-c2ccc(F)cc2)n1-c1ccccc1. The molecule has 0 saturated heterocycles. The molecule has 3 aromatic carbocycles. The molecule has 31 heavy (non-hydrogen) atoms. The average molecular weight is 451 g/mol. The van der Waals surface area contributed by atoms with Crippen LogP contribution >= 0.6 is 23.5 Å². The van der Waals surface area contributed by atoms with E-state index < -0.39 is 0 Å². The molecule has 1 heterocycles. The van der Waals surface area contributed by atoms with Gasteiger partial charge in [0.25, 0.3) is 0 Å². The van der Waals surface area contributed by atoms with Crippen LogP contribution in [0.15, 0.2) is 88.9 Å². The Morgan fingerprint density at radius 3 is 2.42 bits per heavy atom. The van der Waals surface area contributed by atoms with Gasteiger partial charge in [0.15, 0.2) is 11.0 Å². The molecule has 0 bridgehead atoms. The van der Waals surface area contributed by atoms with E-state index in [2.05, 4.69) is 15.5 Å². The summed E-state index contributed by atoms with van der Waals surface area (Å²) in [6.07, 6.45) is 1.97. The van der Waals surface area contributed by atoms with E-state index in [0.717, 1.165) is 21.8 Å². The topological polar surface area (TPSA) is 59.8 Å². The maximum Gasteiger partial charge on any atom is 0.234 e. The van der Waals surface area contributed by atoms with E-state index in [9.17, 15) is 9.18 Å². The largest absolute Gasteiger partial charge is 0.324 e. The fourth-order valence-corrected chi connectivity index (χ4v) is 4.33. The third-order valence-corrected chi connectivity index (χ3v) is 6.19. The molecular formula is C23H19FN4OS2. The summed E-state index contributed by atoms with van der Waals surface area (Å²) in [5, 5.41) is 12.2. The van der Waals surface area contributed by atoms with Crippen molar-refractivity contribution < 1.29 is 9.18 Å². The van der Waals surface area contributed by atoms with Crippen molar-refractivity contribution in [1.29, 1.82) is 0 Å². The van der Waals surface area contributed by atoms with Crippen LogP contribution in [-0.4, -0.2) is 32.7 Å². The van der Waals surface area contributed by atoms with Crippen LogP contribution in [0, 0.1) is 5.82 Å². The van der Waals surface area contributed by atoms with Gasteiger partial charge in [0.05, 0.1) is 11.4 Å². The number of halogens is 1. The van der Waals surface area contributed by atoms with Gasteiger partial charge in [-0.15, -0.1) is 22.0 Å². The molecule has 156 valence electrons. The number of amides is 1. The van der Waals surface area contributed by atoms with Gasteiger partial charge in [0, 0.05) is 16.1 Å². The zero-order chi connectivity index (χ0) is 21.6. The van der Waals surface area contributed by atoms with E-state index in [1.807, 2.05) is 65.4 Å². The first-order chi connectivity index (χ1) is 15.2. The Bertz CT molecular complexity index is 1180. The number of para-hydroxylation sites is 2. The van der Waals surface area contributed by atoms with Gasteiger partial charge in [-0.25, -0.2) is 4.39 Å². The summed E-state index contributed by atoms with van der Waals surface area (Å²) in [5.41, 5.74) is 2.39. The van der Waals surface area contributed by atoms with E-state index in [1.165, 1.54) is 23.9 Å². The number of carbonyl (C=O) groups is 1. The lowest BCUT2D eigenvalue weighted by Crippen LogP contribution is -2.15. The maximum atomic E-state index is 13.4. The van der Waals surface area contributed by atoms with E-state index >= 15 is 0 Å². The summed E-state index contributed by atoms with van der Waals surface area (Å²) in [6, 6.07) is 23.4. The van der Waals surface area contributed by atoms with Crippen LogP contribution in [0.3, 0.4) is 0 Å². The zero-order valence-electron chi connectivity index (χ0n) is 16.7. The minimum Gasteiger partial charge on any atom is -0.324 e. The lowest BCUT2D eigenvalue weighted by atomic mass is 10.2. The average Bonchev–Trinajstić information content (AvgIpc) is 3.23. The van der Waals surface area contributed by atoms with Gasteiger partial charge in [-0.2, -0.15) is 0 Å². The molecule has 4 aromatic rings. The Morgan fingerprint density at radius 1 is 0.968 bits per heavy atom. The van der Waals surface area contributed by atoms with E-state index in [1.54, 1.807) is 23.9 Å². The van der Waals surface area contributed by atoms with Crippen molar-refractivity contribution in [1.82, 2.24) is 14.8 Å². The third-order valence-electron chi connectivity index (χ3n) is 4.46. The monoisotopic (exact) mass is 450 g/mol. The van der Waals surface area contributed by atoms with Crippen molar-refractivity contribution in [2.75, 3.05) is 17.3 Å². The van der Waals surface area contributed by atoms with E-state index in [-0.39, 0.29) is 17.5 Å². The molecule has 0 radical (unpaired) electrons. The number of hydrogen-bond donors (Lipinski definition) is 1. The molecule has 0 spiro atoms. The molecule has 0 saturated carbocycles. The van der Waals surface area contributed by atoms with Gasteiger partial charge in [0.2, 0.25) is 5.91 Å². The van der Waals surface area contributed by atoms with Crippen LogP contribution in [0.1, 0.15) is 0 Å². The van der Waals surface area contributed by atoms with Crippen molar-refractivity contribution in [2.45, 2.75) is 10.1 Å². The number of nitrogens with zero attached hydrogens (tertiary/aromatic N) is 3. The van der Waals surface area contributed by atoms with Crippen LogP contribution < -0.4 is 5.32 Å². The predicted molar refractivity (Wildman–Crippen MR) is 124 cm³/mol. The van der Waals surface area contributed by atoms with Crippen LogP contribution in [0.5, 0.6) is 0 Å². The highest BCUT2D eigenvalue weighted by Gasteiger charge is 2.17. The minimum absolute atomic E-state index is 0.127. The molecule has 1 aromatic heterocycles. The summed E-state index contributed by atoms with van der Waals surface area (Å²) in [6.45, 7) is 0. The predicted octanol–water partition coefficient (Wildman–Crippen LogP) is 5.53. The summed E-state index contributed by atoms with van der Waals surface area (Å²) >= 11 is 2.88. The molecule has 4 rings (SSSR count). The summed E-state index contributed by atoms with van der Waals surface area (Å²) in [7, 11) is 0. The molecular weight excluding hydrogens is 431 g/mol. The van der Waals surface area contributed by atoms with Gasteiger partial charge < -0.3 is 5.32 Å². The molecule has 0 aliphatic carbocycles. The fraction of sp³-hybridized carbons (Fsp3) is 0.0870. The van der Waals surface area contributed by atoms with Gasteiger partial charge in [-0.1, -0.05) is 42.1 Å². The fourth-order valence-electron chi connectivity index (χ4n) is 3.02. The Morgan fingerprint density at radius 2 is 1.68 bits per heavy atom. The summed E-state index contributed by atoms with van der Waals surface area (Å²) in [5.74, 6) is 0.322. The standard InChI is InChI=1S/C23H19FN4OS2/c1-30-20-10-6-5-9-19(20)25-21(29)15-31-23-27-26-22(16-11-13-17(24)14-12-16)28(23)18-7-3-2-4-8-18/h2-14H,15H2,1H3,(H,25,29). The van der Waals surface area contributed by atoms with Crippen molar-refractivity contribution >= 4 is 35.1 Å². The smallest absolute Gasteiger partial charge is 0.234 e. The van der Waals surface area contributed by atoms with Crippen molar-refractivity contribution in [2.24, 2.45) is 0 Å². The molecule has 5 nitrogen and oxygen atoms in total.